The Hall–Kier alpha value is 0.110. The molecule has 0 amide bonds. The zero-order valence-electron chi connectivity index (χ0n) is 11.2. The Morgan fingerprint density at radius 3 is 2.62 bits per heavy atom. The molecule has 1 aliphatic carbocycles. The van der Waals surface area contributed by atoms with Gasteiger partial charge < -0.3 is 5.32 Å². The van der Waals surface area contributed by atoms with Gasteiger partial charge in [0.25, 0.3) is 0 Å². The number of rotatable bonds is 5. The van der Waals surface area contributed by atoms with Crippen molar-refractivity contribution >= 4 is 10.8 Å². The van der Waals surface area contributed by atoms with Crippen LogP contribution in [0.15, 0.2) is 0 Å². The summed E-state index contributed by atoms with van der Waals surface area (Å²) in [5, 5.41) is 4.00. The Kier molecular flexibility index (Phi) is 5.45. The van der Waals surface area contributed by atoms with Crippen LogP contribution in [0.3, 0.4) is 0 Å². The second-order valence-corrected chi connectivity index (χ2v) is 7.46. The lowest BCUT2D eigenvalue weighted by atomic mass is 9.73. The van der Waals surface area contributed by atoms with Crippen molar-refractivity contribution in [2.75, 3.05) is 12.3 Å². The Morgan fingerprint density at radius 1 is 1.38 bits per heavy atom. The van der Waals surface area contributed by atoms with Gasteiger partial charge in [-0.25, -0.2) is 0 Å². The first-order valence-corrected chi connectivity index (χ1v) is 8.01. The normalized spacial score (nSPS) is 31.2. The second-order valence-electron chi connectivity index (χ2n) is 5.52. The molecule has 0 heterocycles. The summed E-state index contributed by atoms with van der Waals surface area (Å²) >= 11 is 0. The molecule has 2 nitrogen and oxygen atoms in total. The minimum absolute atomic E-state index is 0.295. The molecule has 1 aliphatic rings. The van der Waals surface area contributed by atoms with E-state index in [4.69, 9.17) is 0 Å². The van der Waals surface area contributed by atoms with E-state index in [1.807, 2.05) is 6.92 Å². The summed E-state index contributed by atoms with van der Waals surface area (Å²) in [6, 6.07) is 0.432. The van der Waals surface area contributed by atoms with Crippen LogP contribution in [0.25, 0.3) is 0 Å². The van der Waals surface area contributed by atoms with Gasteiger partial charge in [-0.3, -0.25) is 4.21 Å². The van der Waals surface area contributed by atoms with Gasteiger partial charge in [0.2, 0.25) is 0 Å². The van der Waals surface area contributed by atoms with E-state index in [9.17, 15) is 4.21 Å². The lowest BCUT2D eigenvalue weighted by Gasteiger charge is -2.44. The molecule has 0 aromatic heterocycles. The lowest BCUT2D eigenvalue weighted by Crippen LogP contribution is -2.54. The van der Waals surface area contributed by atoms with Crippen LogP contribution < -0.4 is 5.32 Å². The fraction of sp³-hybridized carbons (Fsp3) is 1.00. The molecular weight excluding hydrogens is 218 g/mol. The van der Waals surface area contributed by atoms with E-state index in [1.165, 1.54) is 12.8 Å². The zero-order valence-corrected chi connectivity index (χ0v) is 12.0. The summed E-state index contributed by atoms with van der Waals surface area (Å²) in [5.74, 6) is 0.797. The van der Waals surface area contributed by atoms with E-state index in [1.54, 1.807) is 0 Å². The Balaban J connectivity index is 2.75. The van der Waals surface area contributed by atoms with Gasteiger partial charge in [-0.15, -0.1) is 0 Å². The SMILES string of the molecule is CCCNC1C(S(=O)CC)CCCC1(C)C. The maximum Gasteiger partial charge on any atom is 0.0506 e. The minimum atomic E-state index is -0.656. The highest BCUT2D eigenvalue weighted by Crippen LogP contribution is 2.37. The van der Waals surface area contributed by atoms with Crippen molar-refractivity contribution in [3.05, 3.63) is 0 Å². The molecule has 0 saturated heterocycles. The molecule has 0 bridgehead atoms. The van der Waals surface area contributed by atoms with Crippen LogP contribution in [0.1, 0.15) is 53.4 Å². The highest BCUT2D eigenvalue weighted by atomic mass is 32.2. The van der Waals surface area contributed by atoms with Crippen LogP contribution in [0.4, 0.5) is 0 Å². The van der Waals surface area contributed by atoms with E-state index >= 15 is 0 Å². The molecule has 0 aliphatic heterocycles. The van der Waals surface area contributed by atoms with E-state index in [-0.39, 0.29) is 0 Å². The largest absolute Gasteiger partial charge is 0.312 e. The van der Waals surface area contributed by atoms with Gasteiger partial charge in [0.15, 0.2) is 0 Å². The third-order valence-electron chi connectivity index (χ3n) is 3.76. The number of hydrogen-bond acceptors (Lipinski definition) is 2. The molecule has 3 heteroatoms. The third-order valence-corrected chi connectivity index (χ3v) is 5.51. The molecule has 1 fully saturated rings. The van der Waals surface area contributed by atoms with E-state index in [0.29, 0.717) is 16.7 Å². The van der Waals surface area contributed by atoms with Crippen LogP contribution in [-0.2, 0) is 10.8 Å². The monoisotopic (exact) mass is 245 g/mol. The molecule has 0 aromatic rings. The predicted octanol–water partition coefficient (Wildman–Crippen LogP) is 2.70. The van der Waals surface area contributed by atoms with E-state index < -0.39 is 10.8 Å². The van der Waals surface area contributed by atoms with Gasteiger partial charge in [-0.1, -0.05) is 34.1 Å². The van der Waals surface area contributed by atoms with Gasteiger partial charge >= 0.3 is 0 Å². The Morgan fingerprint density at radius 2 is 2.06 bits per heavy atom. The maximum absolute atomic E-state index is 12.1. The molecule has 0 spiro atoms. The van der Waals surface area contributed by atoms with Crippen molar-refractivity contribution in [3.8, 4) is 0 Å². The van der Waals surface area contributed by atoms with Crippen LogP contribution in [0.2, 0.25) is 0 Å². The second kappa shape index (κ2) is 6.15. The van der Waals surface area contributed by atoms with Crippen molar-refractivity contribution in [1.82, 2.24) is 5.32 Å². The van der Waals surface area contributed by atoms with E-state index in [2.05, 4.69) is 26.1 Å². The Labute approximate surface area is 103 Å². The van der Waals surface area contributed by atoms with Crippen molar-refractivity contribution in [3.63, 3.8) is 0 Å². The zero-order chi connectivity index (χ0) is 12.2. The summed E-state index contributed by atoms with van der Waals surface area (Å²) < 4.78 is 12.1. The maximum atomic E-state index is 12.1. The van der Waals surface area contributed by atoms with Crippen LogP contribution >= 0.6 is 0 Å². The molecule has 3 unspecified atom stereocenters. The van der Waals surface area contributed by atoms with Gasteiger partial charge in [-0.05, 0) is 31.2 Å². The van der Waals surface area contributed by atoms with Crippen molar-refractivity contribution < 1.29 is 4.21 Å². The molecule has 96 valence electrons. The molecule has 1 N–H and O–H groups in total. The van der Waals surface area contributed by atoms with Gasteiger partial charge in [0.1, 0.15) is 0 Å². The summed E-state index contributed by atoms with van der Waals surface area (Å²) in [7, 11) is -0.656. The summed E-state index contributed by atoms with van der Waals surface area (Å²) in [4.78, 5) is 0. The molecule has 0 aromatic carbocycles. The predicted molar refractivity (Wildman–Crippen MR) is 72.2 cm³/mol. The molecule has 3 atom stereocenters. The van der Waals surface area contributed by atoms with Gasteiger partial charge in [0.05, 0.1) is 5.25 Å². The average molecular weight is 245 g/mol. The van der Waals surface area contributed by atoms with Crippen molar-refractivity contribution in [2.45, 2.75) is 64.7 Å². The summed E-state index contributed by atoms with van der Waals surface area (Å²) in [6.45, 7) is 9.91. The highest BCUT2D eigenvalue weighted by Gasteiger charge is 2.40. The lowest BCUT2D eigenvalue weighted by molar-refractivity contribution is 0.173. The fourth-order valence-corrected chi connectivity index (χ4v) is 4.42. The Bertz CT molecular complexity index is 240. The van der Waals surface area contributed by atoms with Crippen molar-refractivity contribution in [1.29, 1.82) is 0 Å². The number of hydrogen-bond donors (Lipinski definition) is 1. The molecule has 16 heavy (non-hydrogen) atoms. The topological polar surface area (TPSA) is 29.1 Å². The van der Waals surface area contributed by atoms with Gasteiger partial charge in [-0.2, -0.15) is 0 Å². The first-order valence-electron chi connectivity index (χ1n) is 6.63. The third kappa shape index (κ3) is 3.30. The minimum Gasteiger partial charge on any atom is -0.312 e. The first-order chi connectivity index (χ1) is 7.53. The smallest absolute Gasteiger partial charge is 0.0506 e. The average Bonchev–Trinajstić information content (AvgIpc) is 2.25. The number of nitrogens with one attached hydrogen (secondary N) is 1. The van der Waals surface area contributed by atoms with Gasteiger partial charge in [0, 0.05) is 22.6 Å². The quantitative estimate of drug-likeness (QED) is 0.807. The molecule has 1 rings (SSSR count). The van der Waals surface area contributed by atoms with E-state index in [0.717, 1.165) is 25.1 Å². The van der Waals surface area contributed by atoms with Crippen molar-refractivity contribution in [2.24, 2.45) is 5.41 Å². The van der Waals surface area contributed by atoms with Crippen LogP contribution in [0, 0.1) is 5.41 Å². The standard InChI is InChI=1S/C13H27NOS/c1-5-10-14-12-11(16(15)6-2)8-7-9-13(12,3)4/h11-12,14H,5-10H2,1-4H3. The highest BCUT2D eigenvalue weighted by molar-refractivity contribution is 7.85. The fourth-order valence-electron chi connectivity index (χ4n) is 2.79. The van der Waals surface area contributed by atoms with Crippen LogP contribution in [0.5, 0.6) is 0 Å². The van der Waals surface area contributed by atoms with Crippen LogP contribution in [-0.4, -0.2) is 27.8 Å². The summed E-state index contributed by atoms with van der Waals surface area (Å²) in [5.41, 5.74) is 0.295. The first kappa shape index (κ1) is 14.2. The molecular formula is C13H27NOS. The molecule has 1 saturated carbocycles. The summed E-state index contributed by atoms with van der Waals surface area (Å²) in [6.07, 6.45) is 4.77. The molecule has 0 radical (unpaired) electrons.